The number of anilines is 10. The highest BCUT2D eigenvalue weighted by Gasteiger charge is 2.18. The fraction of sp³-hybridized carbons (Fsp3) is 0.0323. The molecule has 0 amide bonds. The van der Waals surface area contributed by atoms with E-state index in [0.717, 1.165) is 62.4 Å². The molecule has 0 atom stereocenters. The third-order valence-electron chi connectivity index (χ3n) is 6.28. The molecule has 0 saturated heterocycles. The maximum absolute atomic E-state index is 5.98. The lowest BCUT2D eigenvalue weighted by atomic mass is 10.1. The predicted octanol–water partition coefficient (Wildman–Crippen LogP) is 7.26. The van der Waals surface area contributed by atoms with Gasteiger partial charge in [-0.25, -0.2) is 0 Å². The fourth-order valence-electron chi connectivity index (χ4n) is 4.40. The van der Waals surface area contributed by atoms with Gasteiger partial charge in [-0.1, -0.05) is 0 Å². The Morgan fingerprint density at radius 1 is 0.378 bits per heavy atom. The quantitative estimate of drug-likeness (QED) is 0.188. The third-order valence-corrected chi connectivity index (χ3v) is 6.28. The Kier molecular flexibility index (Phi) is 6.31. The Bertz CT molecular complexity index is 1400. The average Bonchev–Trinajstić information content (AvgIpc) is 2.90. The SMILES string of the molecule is Cc1cc(N(c2ccc(N)cc2)c2ccc(N)cc2)ccc1N(c1ccc(N)cc1)c1ccc(N)cc1. The van der Waals surface area contributed by atoms with Crippen LogP contribution in [0.1, 0.15) is 5.56 Å². The van der Waals surface area contributed by atoms with Crippen LogP contribution >= 0.6 is 0 Å². The predicted molar refractivity (Wildman–Crippen MR) is 158 cm³/mol. The number of hydrogen-bond donors (Lipinski definition) is 4. The Morgan fingerprint density at radius 3 is 1.00 bits per heavy atom. The first-order valence-electron chi connectivity index (χ1n) is 12.0. The summed E-state index contributed by atoms with van der Waals surface area (Å²) in [5.74, 6) is 0. The van der Waals surface area contributed by atoms with Crippen LogP contribution in [0.25, 0.3) is 0 Å². The minimum atomic E-state index is 0.718. The number of nitrogens with zero attached hydrogens (tertiary/aromatic N) is 2. The van der Waals surface area contributed by atoms with Crippen molar-refractivity contribution in [1.29, 1.82) is 0 Å². The number of aryl methyl sites for hydroxylation is 1. The summed E-state index contributed by atoms with van der Waals surface area (Å²) < 4.78 is 0. The van der Waals surface area contributed by atoms with Crippen molar-refractivity contribution in [2.24, 2.45) is 0 Å². The molecule has 5 rings (SSSR count). The number of nitrogens with two attached hydrogens (primary N) is 4. The second-order valence-electron chi connectivity index (χ2n) is 9.01. The van der Waals surface area contributed by atoms with Gasteiger partial charge in [-0.15, -0.1) is 0 Å². The van der Waals surface area contributed by atoms with E-state index in [1.54, 1.807) is 0 Å². The van der Waals surface area contributed by atoms with Crippen molar-refractivity contribution in [1.82, 2.24) is 0 Å². The molecule has 0 saturated carbocycles. The summed E-state index contributed by atoms with van der Waals surface area (Å²) in [5.41, 5.74) is 34.0. The molecule has 8 N–H and O–H groups in total. The van der Waals surface area contributed by atoms with Crippen molar-refractivity contribution in [2.45, 2.75) is 6.92 Å². The molecule has 5 aromatic rings. The summed E-state index contributed by atoms with van der Waals surface area (Å²) in [6.45, 7) is 2.12. The van der Waals surface area contributed by atoms with Crippen LogP contribution in [0.15, 0.2) is 115 Å². The summed E-state index contributed by atoms with van der Waals surface area (Å²) in [7, 11) is 0. The van der Waals surface area contributed by atoms with Crippen molar-refractivity contribution in [3.63, 3.8) is 0 Å². The highest BCUT2D eigenvalue weighted by Crippen LogP contribution is 2.41. The molecule has 0 unspecified atom stereocenters. The van der Waals surface area contributed by atoms with E-state index in [2.05, 4.69) is 34.9 Å². The minimum Gasteiger partial charge on any atom is -0.399 e. The van der Waals surface area contributed by atoms with Gasteiger partial charge in [-0.05, 0) is 128 Å². The lowest BCUT2D eigenvalue weighted by molar-refractivity contribution is 1.23. The van der Waals surface area contributed by atoms with Crippen LogP contribution in [-0.2, 0) is 0 Å². The van der Waals surface area contributed by atoms with Crippen molar-refractivity contribution >= 4 is 56.9 Å². The summed E-state index contributed by atoms with van der Waals surface area (Å²) in [6.07, 6.45) is 0. The number of nitrogen functional groups attached to an aromatic ring is 4. The molecule has 0 radical (unpaired) electrons. The zero-order valence-corrected chi connectivity index (χ0v) is 20.7. The Balaban J connectivity index is 1.62. The monoisotopic (exact) mass is 486 g/mol. The maximum Gasteiger partial charge on any atom is 0.0492 e. The van der Waals surface area contributed by atoms with E-state index in [9.17, 15) is 0 Å². The van der Waals surface area contributed by atoms with Crippen molar-refractivity contribution in [3.8, 4) is 0 Å². The zero-order valence-electron chi connectivity index (χ0n) is 20.7. The van der Waals surface area contributed by atoms with E-state index < -0.39 is 0 Å². The van der Waals surface area contributed by atoms with Crippen molar-refractivity contribution in [3.05, 3.63) is 121 Å². The van der Waals surface area contributed by atoms with Gasteiger partial charge in [0.15, 0.2) is 0 Å². The van der Waals surface area contributed by atoms with Gasteiger partial charge in [-0.3, -0.25) is 0 Å². The van der Waals surface area contributed by atoms with Gasteiger partial charge in [-0.2, -0.15) is 0 Å². The highest BCUT2D eigenvalue weighted by atomic mass is 15.2. The van der Waals surface area contributed by atoms with Gasteiger partial charge >= 0.3 is 0 Å². The first kappa shape index (κ1) is 23.6. The van der Waals surface area contributed by atoms with Crippen LogP contribution in [0, 0.1) is 6.92 Å². The molecule has 6 heteroatoms. The topological polar surface area (TPSA) is 111 Å². The first-order chi connectivity index (χ1) is 17.9. The summed E-state index contributed by atoms with van der Waals surface area (Å²) in [4.78, 5) is 4.39. The largest absolute Gasteiger partial charge is 0.399 e. The minimum absolute atomic E-state index is 0.718. The second-order valence-corrected chi connectivity index (χ2v) is 9.01. The fourth-order valence-corrected chi connectivity index (χ4v) is 4.40. The van der Waals surface area contributed by atoms with E-state index in [1.807, 2.05) is 97.1 Å². The molecule has 6 nitrogen and oxygen atoms in total. The molecule has 0 aromatic heterocycles. The van der Waals surface area contributed by atoms with E-state index in [1.165, 1.54) is 0 Å². The summed E-state index contributed by atoms with van der Waals surface area (Å²) in [6, 6.07) is 37.9. The number of benzene rings is 5. The molecule has 0 aliphatic carbocycles. The molecule has 37 heavy (non-hydrogen) atoms. The standard InChI is InChI=1S/C31H30N6/c1-21-20-30(36(26-10-2-22(32)3-11-26)27-12-4-23(33)5-13-27)18-19-31(21)37(28-14-6-24(34)7-15-28)29-16-8-25(35)9-17-29/h2-20H,32-35H2,1H3. The molecule has 5 aromatic carbocycles. The van der Waals surface area contributed by atoms with Gasteiger partial charge in [0.25, 0.3) is 0 Å². The smallest absolute Gasteiger partial charge is 0.0492 e. The third kappa shape index (κ3) is 4.99. The van der Waals surface area contributed by atoms with Crippen molar-refractivity contribution < 1.29 is 0 Å². The number of hydrogen-bond acceptors (Lipinski definition) is 6. The molecular formula is C31H30N6. The van der Waals surface area contributed by atoms with E-state index in [-0.39, 0.29) is 0 Å². The molecule has 0 heterocycles. The molecule has 0 fully saturated rings. The zero-order chi connectivity index (χ0) is 25.9. The first-order valence-corrected chi connectivity index (χ1v) is 12.0. The molecule has 0 aliphatic rings. The van der Waals surface area contributed by atoms with Crippen molar-refractivity contribution in [2.75, 3.05) is 32.7 Å². The Morgan fingerprint density at radius 2 is 0.676 bits per heavy atom. The van der Waals surface area contributed by atoms with E-state index in [4.69, 9.17) is 22.9 Å². The van der Waals surface area contributed by atoms with E-state index in [0.29, 0.717) is 0 Å². The molecular weight excluding hydrogens is 456 g/mol. The molecule has 0 spiro atoms. The van der Waals surface area contributed by atoms with Crippen LogP contribution in [0.4, 0.5) is 56.9 Å². The summed E-state index contributed by atoms with van der Waals surface area (Å²) in [5, 5.41) is 0. The molecule has 0 aliphatic heterocycles. The normalized spacial score (nSPS) is 10.7. The van der Waals surface area contributed by atoms with Gasteiger partial charge in [0.1, 0.15) is 0 Å². The number of rotatable bonds is 6. The van der Waals surface area contributed by atoms with Crippen LogP contribution in [0.2, 0.25) is 0 Å². The van der Waals surface area contributed by atoms with Gasteiger partial charge in [0.05, 0.1) is 0 Å². The Hall–Kier alpha value is -5.10. The molecule has 0 bridgehead atoms. The van der Waals surface area contributed by atoms with Crippen LogP contribution in [0.5, 0.6) is 0 Å². The van der Waals surface area contributed by atoms with Crippen LogP contribution < -0.4 is 32.7 Å². The maximum atomic E-state index is 5.98. The van der Waals surface area contributed by atoms with E-state index >= 15 is 0 Å². The summed E-state index contributed by atoms with van der Waals surface area (Å²) >= 11 is 0. The average molecular weight is 487 g/mol. The Labute approximate surface area is 217 Å². The lowest BCUT2D eigenvalue weighted by Gasteiger charge is -2.30. The van der Waals surface area contributed by atoms with Gasteiger partial charge in [0.2, 0.25) is 0 Å². The van der Waals surface area contributed by atoms with Gasteiger partial charge < -0.3 is 32.7 Å². The second kappa shape index (κ2) is 9.87. The highest BCUT2D eigenvalue weighted by molar-refractivity contribution is 5.83. The van der Waals surface area contributed by atoms with Gasteiger partial charge in [0, 0.05) is 56.9 Å². The van der Waals surface area contributed by atoms with Crippen LogP contribution in [0.3, 0.4) is 0 Å². The molecule has 184 valence electrons. The lowest BCUT2D eigenvalue weighted by Crippen LogP contribution is -2.13. The van der Waals surface area contributed by atoms with Crippen LogP contribution in [-0.4, -0.2) is 0 Å².